The van der Waals surface area contributed by atoms with Gasteiger partial charge in [-0.2, -0.15) is 13.2 Å². The Morgan fingerprint density at radius 2 is 1.95 bits per heavy atom. The molecule has 1 atom stereocenters. The van der Waals surface area contributed by atoms with Gasteiger partial charge in [0, 0.05) is 45.0 Å². The Morgan fingerprint density at radius 3 is 2.52 bits per heavy atom. The summed E-state index contributed by atoms with van der Waals surface area (Å²) in [6.07, 6.45) is -2.37. The molecule has 1 N–H and O–H groups in total. The number of nitrogens with zero attached hydrogens (tertiary/aromatic N) is 3. The van der Waals surface area contributed by atoms with Gasteiger partial charge in [0.2, 0.25) is 0 Å². The molecule has 0 aliphatic carbocycles. The van der Waals surface area contributed by atoms with Gasteiger partial charge in [0.1, 0.15) is 5.82 Å². The van der Waals surface area contributed by atoms with Gasteiger partial charge in [-0.15, -0.1) is 0 Å². The van der Waals surface area contributed by atoms with Crippen LogP contribution >= 0.6 is 0 Å². The van der Waals surface area contributed by atoms with Gasteiger partial charge in [-0.05, 0) is 19.1 Å². The summed E-state index contributed by atoms with van der Waals surface area (Å²) >= 11 is 0. The molecule has 2 heterocycles. The topological polar surface area (TPSA) is 31.4 Å². The summed E-state index contributed by atoms with van der Waals surface area (Å²) in [4.78, 5) is 8.73. The Balaban J connectivity index is 1.73. The van der Waals surface area contributed by atoms with E-state index < -0.39 is 12.7 Å². The Bertz CT molecular complexity index is 416. The highest BCUT2D eigenvalue weighted by atomic mass is 19.4. The third kappa shape index (κ3) is 5.17. The maximum Gasteiger partial charge on any atom is 0.401 e. The van der Waals surface area contributed by atoms with Crippen LogP contribution in [0.4, 0.5) is 19.0 Å². The van der Waals surface area contributed by atoms with Crippen LogP contribution in [-0.2, 0) is 0 Å². The van der Waals surface area contributed by atoms with Crippen molar-refractivity contribution in [2.24, 2.45) is 0 Å². The van der Waals surface area contributed by atoms with Crippen LogP contribution < -0.4 is 10.2 Å². The lowest BCUT2D eigenvalue weighted by Crippen LogP contribution is -2.52. The molecule has 0 radical (unpaired) electrons. The molecule has 118 valence electrons. The van der Waals surface area contributed by atoms with Crippen LogP contribution in [0.2, 0.25) is 0 Å². The molecule has 0 spiro atoms. The van der Waals surface area contributed by atoms with Crippen molar-refractivity contribution in [3.8, 4) is 0 Å². The molecule has 0 aromatic carbocycles. The van der Waals surface area contributed by atoms with Crippen molar-refractivity contribution >= 4 is 5.82 Å². The number of alkyl halides is 3. The first kappa shape index (κ1) is 16.0. The highest BCUT2D eigenvalue weighted by molar-refractivity contribution is 5.38. The molecule has 0 saturated carbocycles. The monoisotopic (exact) mass is 302 g/mol. The molecule has 1 fully saturated rings. The van der Waals surface area contributed by atoms with Gasteiger partial charge in [0.25, 0.3) is 0 Å². The summed E-state index contributed by atoms with van der Waals surface area (Å²) < 4.78 is 36.3. The normalized spacial score (nSPS) is 18.8. The van der Waals surface area contributed by atoms with E-state index in [1.807, 2.05) is 25.1 Å². The van der Waals surface area contributed by atoms with Crippen molar-refractivity contribution in [1.29, 1.82) is 0 Å². The predicted octanol–water partition coefficient (Wildman–Crippen LogP) is 1.74. The van der Waals surface area contributed by atoms with Crippen LogP contribution in [-0.4, -0.2) is 61.4 Å². The van der Waals surface area contributed by atoms with Gasteiger partial charge in [-0.1, -0.05) is 6.07 Å². The second-order valence-electron chi connectivity index (χ2n) is 5.31. The smallest absolute Gasteiger partial charge is 0.354 e. The Kier molecular flexibility index (Phi) is 5.41. The molecule has 21 heavy (non-hydrogen) atoms. The van der Waals surface area contributed by atoms with Crippen LogP contribution in [0.5, 0.6) is 0 Å². The third-order valence-electron chi connectivity index (χ3n) is 3.68. The maximum absolute atomic E-state index is 12.1. The lowest BCUT2D eigenvalue weighted by atomic mass is 10.2. The average Bonchev–Trinajstić information content (AvgIpc) is 2.47. The van der Waals surface area contributed by atoms with E-state index in [0.717, 1.165) is 32.0 Å². The van der Waals surface area contributed by atoms with E-state index in [1.54, 1.807) is 6.20 Å². The average molecular weight is 302 g/mol. The van der Waals surface area contributed by atoms with Gasteiger partial charge < -0.3 is 10.2 Å². The number of piperazine rings is 1. The minimum Gasteiger partial charge on any atom is -0.354 e. The Hall–Kier alpha value is -1.34. The van der Waals surface area contributed by atoms with Crippen LogP contribution in [0.3, 0.4) is 0 Å². The van der Waals surface area contributed by atoms with Crippen molar-refractivity contribution in [3.05, 3.63) is 24.4 Å². The molecule has 1 aromatic heterocycles. The molecule has 0 bridgehead atoms. The van der Waals surface area contributed by atoms with E-state index in [0.29, 0.717) is 6.54 Å². The molecular formula is C14H21F3N4. The number of aromatic nitrogens is 1. The van der Waals surface area contributed by atoms with Crippen LogP contribution in [0.25, 0.3) is 0 Å². The number of nitrogens with one attached hydrogen (secondary N) is 1. The van der Waals surface area contributed by atoms with E-state index in [4.69, 9.17) is 0 Å². The van der Waals surface area contributed by atoms with E-state index in [-0.39, 0.29) is 6.04 Å². The minimum absolute atomic E-state index is 0.0956. The van der Waals surface area contributed by atoms with Gasteiger partial charge in [0.15, 0.2) is 0 Å². The lowest BCUT2D eigenvalue weighted by Gasteiger charge is -2.38. The molecule has 1 aromatic rings. The quantitative estimate of drug-likeness (QED) is 0.898. The second-order valence-corrected chi connectivity index (χ2v) is 5.31. The van der Waals surface area contributed by atoms with E-state index in [9.17, 15) is 13.2 Å². The lowest BCUT2D eigenvalue weighted by molar-refractivity contribution is -0.125. The van der Waals surface area contributed by atoms with Crippen molar-refractivity contribution in [2.45, 2.75) is 19.1 Å². The maximum atomic E-state index is 12.1. The molecule has 1 aliphatic rings. The number of pyridine rings is 1. The Labute approximate surface area is 122 Å². The Morgan fingerprint density at radius 1 is 1.24 bits per heavy atom. The van der Waals surface area contributed by atoms with E-state index in [2.05, 4.69) is 20.1 Å². The summed E-state index contributed by atoms with van der Waals surface area (Å²) in [5, 5.41) is 2.47. The summed E-state index contributed by atoms with van der Waals surface area (Å²) in [6, 6.07) is 5.91. The van der Waals surface area contributed by atoms with E-state index >= 15 is 0 Å². The zero-order valence-electron chi connectivity index (χ0n) is 12.1. The van der Waals surface area contributed by atoms with Crippen molar-refractivity contribution in [3.63, 3.8) is 0 Å². The predicted molar refractivity (Wildman–Crippen MR) is 76.4 cm³/mol. The van der Waals surface area contributed by atoms with Gasteiger partial charge in [0.05, 0.1) is 6.54 Å². The highest BCUT2D eigenvalue weighted by Crippen LogP contribution is 2.15. The SMILES string of the molecule is CC(CNCC(F)(F)F)N1CCN(c2ccccn2)CC1. The van der Waals surface area contributed by atoms with Crippen molar-refractivity contribution < 1.29 is 13.2 Å². The molecule has 1 unspecified atom stereocenters. The first-order chi connectivity index (χ1) is 9.96. The fourth-order valence-corrected chi connectivity index (χ4v) is 2.48. The fraction of sp³-hybridized carbons (Fsp3) is 0.643. The van der Waals surface area contributed by atoms with Gasteiger partial charge in [-0.25, -0.2) is 4.98 Å². The number of anilines is 1. The van der Waals surface area contributed by atoms with Crippen molar-refractivity contribution in [1.82, 2.24) is 15.2 Å². The summed E-state index contributed by atoms with van der Waals surface area (Å²) in [5.41, 5.74) is 0. The van der Waals surface area contributed by atoms with Crippen molar-refractivity contribution in [2.75, 3.05) is 44.2 Å². The number of hydrogen-bond acceptors (Lipinski definition) is 4. The summed E-state index contributed by atoms with van der Waals surface area (Å²) in [6.45, 7) is 4.76. The fourth-order valence-electron chi connectivity index (χ4n) is 2.48. The first-order valence-electron chi connectivity index (χ1n) is 7.13. The molecule has 1 aliphatic heterocycles. The molecule has 1 saturated heterocycles. The minimum atomic E-state index is -4.14. The zero-order chi connectivity index (χ0) is 15.3. The third-order valence-corrected chi connectivity index (χ3v) is 3.68. The molecule has 7 heteroatoms. The van der Waals surface area contributed by atoms with Crippen LogP contribution in [0.1, 0.15) is 6.92 Å². The molecular weight excluding hydrogens is 281 g/mol. The number of hydrogen-bond donors (Lipinski definition) is 1. The molecule has 2 rings (SSSR count). The molecule has 4 nitrogen and oxygen atoms in total. The number of halogens is 3. The van der Waals surface area contributed by atoms with Crippen LogP contribution in [0.15, 0.2) is 24.4 Å². The van der Waals surface area contributed by atoms with Crippen LogP contribution in [0, 0.1) is 0 Å². The highest BCUT2D eigenvalue weighted by Gasteiger charge is 2.27. The summed E-state index contributed by atoms with van der Waals surface area (Å²) in [7, 11) is 0. The second kappa shape index (κ2) is 7.09. The first-order valence-corrected chi connectivity index (χ1v) is 7.13. The standard InChI is InChI=1S/C14H21F3N4/c1-12(10-18-11-14(15,16)17)20-6-8-21(9-7-20)13-4-2-3-5-19-13/h2-5,12,18H,6-11H2,1H3. The summed E-state index contributed by atoms with van der Waals surface area (Å²) in [5.74, 6) is 0.958. The van der Waals surface area contributed by atoms with Gasteiger partial charge in [-0.3, -0.25) is 4.90 Å². The molecule has 0 amide bonds. The van der Waals surface area contributed by atoms with E-state index in [1.165, 1.54) is 0 Å². The largest absolute Gasteiger partial charge is 0.401 e. The number of rotatable bonds is 5. The van der Waals surface area contributed by atoms with Gasteiger partial charge >= 0.3 is 6.18 Å². The zero-order valence-corrected chi connectivity index (χ0v) is 12.1.